The van der Waals surface area contributed by atoms with Crippen molar-refractivity contribution in [3.63, 3.8) is 0 Å². The van der Waals surface area contributed by atoms with Gasteiger partial charge in [0.05, 0.1) is 24.6 Å². The van der Waals surface area contributed by atoms with Crippen LogP contribution in [0.3, 0.4) is 0 Å². The first-order valence-electron chi connectivity index (χ1n) is 10.9. The van der Waals surface area contributed by atoms with Crippen LogP contribution in [-0.4, -0.2) is 40.9 Å². The van der Waals surface area contributed by atoms with Crippen molar-refractivity contribution in [1.29, 1.82) is 5.26 Å². The van der Waals surface area contributed by atoms with Gasteiger partial charge in [0.2, 0.25) is 0 Å². The van der Waals surface area contributed by atoms with Gasteiger partial charge in [-0.25, -0.2) is 18.8 Å². The number of halogens is 2. The fourth-order valence-corrected chi connectivity index (χ4v) is 3.76. The number of anilines is 1. The number of hydrogen-bond donors (Lipinski definition) is 3. The van der Waals surface area contributed by atoms with E-state index in [4.69, 9.17) is 14.7 Å². The minimum absolute atomic E-state index is 0.0710. The topological polar surface area (TPSA) is 116 Å². The molecule has 1 aromatic carbocycles. The molecule has 0 amide bonds. The molecule has 2 aromatic heterocycles. The predicted molar refractivity (Wildman–Crippen MR) is 123 cm³/mol. The van der Waals surface area contributed by atoms with Crippen LogP contribution in [0.2, 0.25) is 0 Å². The molecule has 0 radical (unpaired) electrons. The molecule has 0 saturated heterocycles. The van der Waals surface area contributed by atoms with E-state index in [0.29, 0.717) is 24.0 Å². The van der Waals surface area contributed by atoms with Gasteiger partial charge in [-0.1, -0.05) is 13.8 Å². The monoisotopic (exact) mass is 469 g/mol. The van der Waals surface area contributed by atoms with Crippen LogP contribution in [-0.2, 0) is 11.2 Å². The number of nitriles is 1. The minimum atomic E-state index is -0.912. The van der Waals surface area contributed by atoms with E-state index in [1.807, 2.05) is 13.8 Å². The third-order valence-corrected chi connectivity index (χ3v) is 6.16. The Kier molecular flexibility index (Phi) is 6.65. The Morgan fingerprint density at radius 3 is 2.74 bits per heavy atom. The highest BCUT2D eigenvalue weighted by molar-refractivity contribution is 5.89. The zero-order chi connectivity index (χ0) is 24.3. The standard InChI is InChI=1S/C24H25F2N5O3/c1-14(2)24(12-32)11-30-23(33-13-24)31-16-8-17(25)21(18(26)9-16)34-19-5-7-28-22-20(19)15(10-29-22)4-3-6-27/h5,7-10,14,32H,3-4,11-13H2,1-2H3,(H,28,29)(H,30,31). The lowest BCUT2D eigenvalue weighted by molar-refractivity contribution is 0.0180. The van der Waals surface area contributed by atoms with Crippen LogP contribution in [0, 0.1) is 34.3 Å². The van der Waals surface area contributed by atoms with Crippen LogP contribution in [0.15, 0.2) is 35.6 Å². The van der Waals surface area contributed by atoms with Gasteiger partial charge in [0.25, 0.3) is 6.02 Å². The van der Waals surface area contributed by atoms with Gasteiger partial charge in [0, 0.05) is 42.0 Å². The second kappa shape index (κ2) is 9.65. The lowest BCUT2D eigenvalue weighted by Gasteiger charge is -2.37. The molecule has 3 N–H and O–H groups in total. The van der Waals surface area contributed by atoms with Crippen LogP contribution >= 0.6 is 0 Å². The number of ether oxygens (including phenoxy) is 2. The maximum Gasteiger partial charge on any atom is 0.289 e. The molecule has 10 heteroatoms. The van der Waals surface area contributed by atoms with E-state index in [1.54, 1.807) is 6.20 Å². The quantitative estimate of drug-likeness (QED) is 0.469. The van der Waals surface area contributed by atoms with Gasteiger partial charge >= 0.3 is 0 Å². The van der Waals surface area contributed by atoms with Crippen LogP contribution in [0.5, 0.6) is 11.5 Å². The Bertz CT molecular complexity index is 1240. The number of aromatic nitrogens is 2. The van der Waals surface area contributed by atoms with Crippen LogP contribution in [0.1, 0.15) is 25.8 Å². The van der Waals surface area contributed by atoms with Gasteiger partial charge in [-0.15, -0.1) is 0 Å². The molecular weight excluding hydrogens is 444 g/mol. The second-order valence-corrected chi connectivity index (χ2v) is 8.59. The van der Waals surface area contributed by atoms with E-state index in [1.165, 1.54) is 12.3 Å². The van der Waals surface area contributed by atoms with E-state index in [-0.39, 0.29) is 43.0 Å². The summed E-state index contributed by atoms with van der Waals surface area (Å²) in [5.41, 5.74) is 0.891. The SMILES string of the molecule is CC(C)C1(CO)CN=C(Nc2cc(F)c(Oc3ccnc4[nH]cc(CCC#N)c34)c(F)c2)OC1. The second-order valence-electron chi connectivity index (χ2n) is 8.59. The summed E-state index contributed by atoms with van der Waals surface area (Å²) in [6.45, 7) is 4.46. The van der Waals surface area contributed by atoms with Crippen molar-refractivity contribution in [3.05, 3.63) is 47.8 Å². The van der Waals surface area contributed by atoms with Gasteiger partial charge in [0.15, 0.2) is 17.4 Å². The van der Waals surface area contributed by atoms with Crippen LogP contribution < -0.4 is 10.1 Å². The number of H-pyrrole nitrogens is 1. The van der Waals surface area contributed by atoms with Crippen molar-refractivity contribution in [3.8, 4) is 17.6 Å². The molecule has 0 bridgehead atoms. The summed E-state index contributed by atoms with van der Waals surface area (Å²) in [6.07, 6.45) is 3.91. The first-order valence-corrected chi connectivity index (χ1v) is 10.9. The number of aromatic amines is 1. The summed E-state index contributed by atoms with van der Waals surface area (Å²) >= 11 is 0. The molecular formula is C24H25F2N5O3. The van der Waals surface area contributed by atoms with Crippen LogP contribution in [0.4, 0.5) is 14.5 Å². The number of amidine groups is 1. The van der Waals surface area contributed by atoms with Crippen molar-refractivity contribution in [1.82, 2.24) is 9.97 Å². The predicted octanol–water partition coefficient (Wildman–Crippen LogP) is 4.52. The number of aliphatic imine (C=N–C) groups is 1. The Morgan fingerprint density at radius 2 is 2.12 bits per heavy atom. The molecule has 0 saturated carbocycles. The number of benzene rings is 1. The molecule has 8 nitrogen and oxygen atoms in total. The van der Waals surface area contributed by atoms with E-state index in [9.17, 15) is 13.9 Å². The van der Waals surface area contributed by atoms with Crippen molar-refractivity contribution in [2.45, 2.75) is 26.7 Å². The summed E-state index contributed by atoms with van der Waals surface area (Å²) in [4.78, 5) is 11.5. The van der Waals surface area contributed by atoms with Gasteiger partial charge in [-0.2, -0.15) is 5.26 Å². The molecule has 3 aromatic rings. The lowest BCUT2D eigenvalue weighted by atomic mass is 9.78. The normalized spacial score (nSPS) is 17.9. The molecule has 178 valence electrons. The number of aliphatic hydroxyl groups is 1. The summed E-state index contributed by atoms with van der Waals surface area (Å²) in [5, 5.41) is 21.9. The smallest absolute Gasteiger partial charge is 0.289 e. The zero-order valence-corrected chi connectivity index (χ0v) is 18.9. The van der Waals surface area contributed by atoms with Gasteiger partial charge in [0.1, 0.15) is 18.0 Å². The van der Waals surface area contributed by atoms with E-state index in [2.05, 4.69) is 26.3 Å². The Balaban J connectivity index is 1.56. The molecule has 1 aliphatic rings. The highest BCUT2D eigenvalue weighted by atomic mass is 19.1. The largest absolute Gasteiger partial charge is 0.464 e. The molecule has 4 rings (SSSR count). The summed E-state index contributed by atoms with van der Waals surface area (Å²) < 4.78 is 41.0. The minimum Gasteiger partial charge on any atom is -0.464 e. The molecule has 3 heterocycles. The molecule has 1 unspecified atom stereocenters. The number of nitrogens with one attached hydrogen (secondary N) is 2. The number of pyridine rings is 1. The fourth-order valence-electron chi connectivity index (χ4n) is 3.76. The lowest BCUT2D eigenvalue weighted by Crippen LogP contribution is -2.44. The summed E-state index contributed by atoms with van der Waals surface area (Å²) in [5.74, 6) is -2.01. The van der Waals surface area contributed by atoms with Crippen molar-refractivity contribution in [2.75, 3.05) is 25.1 Å². The Labute approximate surface area is 195 Å². The number of nitrogens with zero attached hydrogens (tertiary/aromatic N) is 3. The highest BCUT2D eigenvalue weighted by Gasteiger charge is 2.37. The maximum absolute atomic E-state index is 14.9. The van der Waals surface area contributed by atoms with Gasteiger partial charge in [-0.05, 0) is 24.0 Å². The van der Waals surface area contributed by atoms with E-state index in [0.717, 1.165) is 17.7 Å². The Morgan fingerprint density at radius 1 is 1.35 bits per heavy atom. The molecule has 34 heavy (non-hydrogen) atoms. The highest BCUT2D eigenvalue weighted by Crippen LogP contribution is 2.36. The number of aryl methyl sites for hydroxylation is 1. The van der Waals surface area contributed by atoms with Crippen molar-refractivity contribution in [2.24, 2.45) is 16.3 Å². The average Bonchev–Trinajstić information content (AvgIpc) is 3.24. The van der Waals surface area contributed by atoms with Crippen molar-refractivity contribution < 1.29 is 23.4 Å². The molecule has 0 fully saturated rings. The van der Waals surface area contributed by atoms with Gasteiger partial charge < -0.3 is 24.9 Å². The molecule has 0 spiro atoms. The van der Waals surface area contributed by atoms with Crippen LogP contribution in [0.25, 0.3) is 11.0 Å². The molecule has 1 aliphatic heterocycles. The number of hydrogen-bond acceptors (Lipinski definition) is 7. The average molecular weight is 469 g/mol. The number of aliphatic hydroxyl groups excluding tert-OH is 1. The molecule has 0 aliphatic carbocycles. The fraction of sp³-hybridized carbons (Fsp3) is 0.375. The first kappa shape index (κ1) is 23.4. The third kappa shape index (κ3) is 4.52. The Hall–Kier alpha value is -3.71. The maximum atomic E-state index is 14.9. The summed E-state index contributed by atoms with van der Waals surface area (Å²) in [7, 11) is 0. The van der Waals surface area contributed by atoms with Crippen molar-refractivity contribution >= 4 is 22.7 Å². The summed E-state index contributed by atoms with van der Waals surface area (Å²) in [6, 6.07) is 5.90. The zero-order valence-electron chi connectivity index (χ0n) is 18.9. The van der Waals surface area contributed by atoms with E-state index >= 15 is 0 Å². The third-order valence-electron chi connectivity index (χ3n) is 6.16. The van der Waals surface area contributed by atoms with E-state index < -0.39 is 22.8 Å². The van der Waals surface area contributed by atoms with Gasteiger partial charge in [-0.3, -0.25) is 0 Å². The first-order chi connectivity index (χ1) is 16.4. The number of fused-ring (bicyclic) bond motifs is 1. The molecule has 1 atom stereocenters. The number of rotatable bonds is 7.